The van der Waals surface area contributed by atoms with Gasteiger partial charge in [0.25, 0.3) is 0 Å². The van der Waals surface area contributed by atoms with Crippen molar-refractivity contribution < 1.29 is 28.8 Å². The number of halogens is 1. The summed E-state index contributed by atoms with van der Waals surface area (Å²) >= 11 is 5.61. The molecule has 0 aliphatic carbocycles. The smallest absolute Gasteiger partial charge is 0.152 e. The highest BCUT2D eigenvalue weighted by molar-refractivity contribution is 6.17. The summed E-state index contributed by atoms with van der Waals surface area (Å²) in [4.78, 5) is 0. The summed E-state index contributed by atoms with van der Waals surface area (Å²) in [6.07, 6.45) is 4.53. The second kappa shape index (κ2) is 22.7. The Bertz CT molecular complexity index is 251. The van der Waals surface area contributed by atoms with Crippen molar-refractivity contribution in [2.24, 2.45) is 0 Å². The summed E-state index contributed by atoms with van der Waals surface area (Å²) in [6, 6.07) is 0. The van der Waals surface area contributed by atoms with Crippen LogP contribution in [0.5, 0.6) is 0 Å². The molecule has 24 heavy (non-hydrogen) atoms. The Morgan fingerprint density at radius 1 is 0.542 bits per heavy atom. The molecule has 0 saturated carbocycles. The monoisotopic (exact) mass is 368 g/mol. The van der Waals surface area contributed by atoms with E-state index in [0.717, 1.165) is 25.3 Å². The van der Waals surface area contributed by atoms with Crippen LogP contribution in [0.2, 0.25) is 0 Å². The molecule has 7 nitrogen and oxygen atoms in total. The molecule has 0 heterocycles. The minimum Gasteiger partial charge on any atom is -0.508 e. The zero-order valence-electron chi connectivity index (χ0n) is 14.7. The zero-order valence-corrected chi connectivity index (χ0v) is 15.4. The van der Waals surface area contributed by atoms with Crippen molar-refractivity contribution >= 4 is 11.6 Å². The van der Waals surface area contributed by atoms with Crippen molar-refractivity contribution in [3.8, 4) is 0 Å². The maximum atomic E-state index is 8.32. The van der Waals surface area contributed by atoms with Crippen molar-refractivity contribution in [1.29, 1.82) is 0 Å². The average Bonchev–Trinajstić information content (AvgIpc) is 2.60. The van der Waals surface area contributed by atoms with Crippen LogP contribution in [0.15, 0.2) is 0 Å². The molecule has 0 amide bonds. The van der Waals surface area contributed by atoms with E-state index in [9.17, 15) is 0 Å². The fourth-order valence-corrected chi connectivity index (χ4v) is 1.94. The van der Waals surface area contributed by atoms with Gasteiger partial charge in [0.2, 0.25) is 0 Å². The quantitative estimate of drug-likeness (QED) is 0.185. The molecule has 0 spiro atoms. The van der Waals surface area contributed by atoms with Crippen molar-refractivity contribution in [2.75, 3.05) is 78.5 Å². The third kappa shape index (κ3) is 21.7. The van der Waals surface area contributed by atoms with Crippen LogP contribution in [0.3, 0.4) is 0 Å². The molecule has 144 valence electrons. The molecular formula is C16H33ClN2O5. The van der Waals surface area contributed by atoms with Crippen LogP contribution >= 0.6 is 11.6 Å². The Morgan fingerprint density at radius 2 is 0.958 bits per heavy atom. The predicted octanol–water partition coefficient (Wildman–Crippen LogP) is 0.971. The third-order valence-electron chi connectivity index (χ3n) is 3.02. The normalized spacial score (nSPS) is 11.0. The van der Waals surface area contributed by atoms with Gasteiger partial charge in [-0.2, -0.15) is 0 Å². The lowest BCUT2D eigenvalue weighted by molar-refractivity contribution is -0.484. The van der Waals surface area contributed by atoms with E-state index in [1.54, 1.807) is 0 Å². The van der Waals surface area contributed by atoms with Gasteiger partial charge in [0.05, 0.1) is 52.9 Å². The van der Waals surface area contributed by atoms with Gasteiger partial charge in [0.15, 0.2) is 6.54 Å². The molecule has 0 unspecified atom stereocenters. The van der Waals surface area contributed by atoms with Gasteiger partial charge >= 0.3 is 0 Å². The first-order chi connectivity index (χ1) is 11.9. The van der Waals surface area contributed by atoms with Crippen LogP contribution in [-0.4, -0.2) is 78.5 Å². The predicted molar refractivity (Wildman–Crippen MR) is 92.5 cm³/mol. The Balaban J connectivity index is 2.94. The highest BCUT2D eigenvalue weighted by Gasteiger charge is 1.94. The fraction of sp³-hybridized carbons (Fsp3) is 1.00. The molecule has 1 N–H and O–H groups in total. The molecule has 0 saturated heterocycles. The van der Waals surface area contributed by atoms with E-state index in [0.29, 0.717) is 66.0 Å². The number of alkyl halides is 1. The van der Waals surface area contributed by atoms with E-state index in [1.165, 1.54) is 12.8 Å². The minimum atomic E-state index is 0.419. The van der Waals surface area contributed by atoms with E-state index >= 15 is 0 Å². The summed E-state index contributed by atoms with van der Waals surface area (Å²) in [5, 5.41) is 2.02. The summed E-state index contributed by atoms with van der Waals surface area (Å²) in [7, 11) is 0. The summed E-state index contributed by atoms with van der Waals surface area (Å²) in [6.45, 7) is 6.14. The van der Waals surface area contributed by atoms with E-state index in [-0.39, 0.29) is 0 Å². The van der Waals surface area contributed by atoms with Gasteiger partial charge in [-0.05, 0) is 12.8 Å². The van der Waals surface area contributed by atoms with Crippen molar-refractivity contribution in [3.63, 3.8) is 0 Å². The Kier molecular flexibility index (Phi) is 22.4. The molecule has 0 aromatic carbocycles. The topological polar surface area (TPSA) is 82.4 Å². The van der Waals surface area contributed by atoms with Crippen molar-refractivity contribution in [2.45, 2.75) is 25.7 Å². The Labute approximate surface area is 150 Å². The van der Waals surface area contributed by atoms with Crippen LogP contribution in [0, 0.1) is 0 Å². The summed E-state index contributed by atoms with van der Waals surface area (Å²) in [5.41, 5.74) is 8.32. The molecule has 0 radical (unpaired) electrons. The number of ether oxygens (including phenoxy) is 5. The molecule has 0 fully saturated rings. The third-order valence-corrected chi connectivity index (χ3v) is 3.29. The average molecular weight is 369 g/mol. The molecule has 8 heteroatoms. The number of hydrogen-bond donors (Lipinski definition) is 1. The number of rotatable bonds is 21. The fourth-order valence-electron chi connectivity index (χ4n) is 1.75. The lowest BCUT2D eigenvalue weighted by Gasteiger charge is -2.07. The maximum absolute atomic E-state index is 8.32. The maximum Gasteiger partial charge on any atom is 0.152 e. The number of unbranched alkanes of at least 4 members (excludes halogenated alkanes) is 3. The number of nitrogens with one attached hydrogen (secondary N) is 1. The van der Waals surface area contributed by atoms with E-state index in [4.69, 9.17) is 40.8 Å². The first-order valence-corrected chi connectivity index (χ1v) is 9.27. The van der Waals surface area contributed by atoms with Crippen LogP contribution in [-0.2, 0) is 23.7 Å². The van der Waals surface area contributed by atoms with Crippen LogP contribution in [0.25, 0.3) is 5.53 Å². The molecule has 0 aliphatic rings. The largest absolute Gasteiger partial charge is 0.508 e. The standard InChI is InChI=1S/C16H33ClN2O5/c17-5-3-1-2-4-7-20-9-11-22-13-15-24-16-14-23-12-10-21-8-6-19-18/h19H,1-16H2. The van der Waals surface area contributed by atoms with Gasteiger partial charge in [-0.3, -0.25) is 0 Å². The first kappa shape index (κ1) is 23.7. The zero-order chi connectivity index (χ0) is 17.6. The molecule has 0 atom stereocenters. The molecule has 0 bridgehead atoms. The number of nitrogens with zero attached hydrogens (tertiary/aromatic N) is 1. The Morgan fingerprint density at radius 3 is 1.42 bits per heavy atom. The van der Waals surface area contributed by atoms with Gasteiger partial charge in [0.1, 0.15) is 6.61 Å². The van der Waals surface area contributed by atoms with Crippen LogP contribution in [0.4, 0.5) is 0 Å². The summed E-state index contributed by atoms with van der Waals surface area (Å²) < 4.78 is 26.7. The van der Waals surface area contributed by atoms with Gasteiger partial charge in [-0.15, -0.1) is 11.6 Å². The van der Waals surface area contributed by atoms with Crippen LogP contribution in [0.1, 0.15) is 25.7 Å². The molecule has 0 rings (SSSR count). The molecule has 0 aromatic heterocycles. The first-order valence-electron chi connectivity index (χ1n) is 8.73. The van der Waals surface area contributed by atoms with Crippen LogP contribution < -0.4 is 5.11 Å². The van der Waals surface area contributed by atoms with Gasteiger partial charge in [-0.1, -0.05) is 12.8 Å². The molecule has 0 aromatic rings. The van der Waals surface area contributed by atoms with Crippen molar-refractivity contribution in [3.05, 3.63) is 5.53 Å². The van der Waals surface area contributed by atoms with Crippen molar-refractivity contribution in [1.82, 2.24) is 0 Å². The highest BCUT2D eigenvalue weighted by atomic mass is 35.5. The van der Waals surface area contributed by atoms with E-state index in [2.05, 4.69) is 0 Å². The van der Waals surface area contributed by atoms with Gasteiger partial charge < -0.3 is 34.3 Å². The van der Waals surface area contributed by atoms with Gasteiger partial charge in [0, 0.05) is 12.5 Å². The number of hydrogen-bond acceptors (Lipinski definition) is 5. The molecule has 0 aliphatic heterocycles. The minimum absolute atomic E-state index is 0.419. The second-order valence-electron chi connectivity index (χ2n) is 5.07. The van der Waals surface area contributed by atoms with Gasteiger partial charge in [-0.25, -0.2) is 0 Å². The lowest BCUT2D eigenvalue weighted by atomic mass is 10.2. The summed E-state index contributed by atoms with van der Waals surface area (Å²) in [5.74, 6) is 0.751. The Hall–Kier alpha value is -0.310. The lowest BCUT2D eigenvalue weighted by Crippen LogP contribution is -2.64. The second-order valence-corrected chi connectivity index (χ2v) is 5.45. The molecular weight excluding hydrogens is 336 g/mol. The highest BCUT2D eigenvalue weighted by Crippen LogP contribution is 2.00. The van der Waals surface area contributed by atoms with E-state index < -0.39 is 0 Å². The van der Waals surface area contributed by atoms with E-state index in [1.807, 2.05) is 5.11 Å². The SMILES string of the molecule is [N-]=[NH+]CCOCCOCCOCCOCCOCCCCCCCl.